The first-order valence-corrected chi connectivity index (χ1v) is 7.05. The highest BCUT2D eigenvalue weighted by Crippen LogP contribution is 2.21. The van der Waals surface area contributed by atoms with E-state index in [4.69, 9.17) is 5.26 Å². The first-order chi connectivity index (χ1) is 9.72. The third-order valence-corrected chi connectivity index (χ3v) is 3.37. The predicted molar refractivity (Wildman–Crippen MR) is 83.4 cm³/mol. The topological polar surface area (TPSA) is 35.8 Å². The molecule has 0 bridgehead atoms. The molecule has 2 aromatic rings. The molecule has 20 heavy (non-hydrogen) atoms. The van der Waals surface area contributed by atoms with Gasteiger partial charge >= 0.3 is 0 Å². The molecule has 1 unspecified atom stereocenters. The summed E-state index contributed by atoms with van der Waals surface area (Å²) in [6.45, 7) is 5.33. The molecule has 2 aromatic carbocycles. The van der Waals surface area contributed by atoms with Crippen LogP contribution in [-0.4, -0.2) is 12.6 Å². The van der Waals surface area contributed by atoms with Gasteiger partial charge in [-0.05, 0) is 48.7 Å². The molecule has 0 saturated carbocycles. The lowest BCUT2D eigenvalue weighted by Gasteiger charge is -2.12. The van der Waals surface area contributed by atoms with E-state index in [1.165, 1.54) is 5.56 Å². The Labute approximate surface area is 121 Å². The van der Waals surface area contributed by atoms with Crippen LogP contribution in [0.2, 0.25) is 0 Å². The van der Waals surface area contributed by atoms with Crippen LogP contribution < -0.4 is 5.32 Å². The van der Waals surface area contributed by atoms with Crippen molar-refractivity contribution in [3.63, 3.8) is 0 Å². The molecule has 1 N–H and O–H groups in total. The Morgan fingerprint density at radius 3 is 2.50 bits per heavy atom. The monoisotopic (exact) mass is 264 g/mol. The van der Waals surface area contributed by atoms with Crippen molar-refractivity contribution < 1.29 is 0 Å². The van der Waals surface area contributed by atoms with Crippen LogP contribution >= 0.6 is 0 Å². The summed E-state index contributed by atoms with van der Waals surface area (Å²) < 4.78 is 0. The average Bonchev–Trinajstić information content (AvgIpc) is 2.48. The molecule has 2 heteroatoms. The van der Waals surface area contributed by atoms with E-state index < -0.39 is 0 Å². The highest BCUT2D eigenvalue weighted by molar-refractivity contribution is 5.65. The summed E-state index contributed by atoms with van der Waals surface area (Å²) in [5, 5.41) is 12.4. The van der Waals surface area contributed by atoms with Crippen molar-refractivity contribution in [2.24, 2.45) is 0 Å². The van der Waals surface area contributed by atoms with Gasteiger partial charge in [0.2, 0.25) is 0 Å². The quantitative estimate of drug-likeness (QED) is 0.892. The maximum Gasteiger partial charge on any atom is 0.0991 e. The minimum absolute atomic E-state index is 0.493. The van der Waals surface area contributed by atoms with Gasteiger partial charge in [0.1, 0.15) is 0 Å². The third-order valence-electron chi connectivity index (χ3n) is 3.37. The van der Waals surface area contributed by atoms with Gasteiger partial charge in [0.15, 0.2) is 0 Å². The zero-order valence-electron chi connectivity index (χ0n) is 12.1. The number of hydrogen-bond acceptors (Lipinski definition) is 2. The SMILES string of the molecule is CCNC(C)Cc1ccc(-c2cccc(C#N)c2)cc1. The first kappa shape index (κ1) is 14.3. The van der Waals surface area contributed by atoms with Crippen LogP contribution in [0.3, 0.4) is 0 Å². The highest BCUT2D eigenvalue weighted by atomic mass is 14.9. The van der Waals surface area contributed by atoms with Crippen LogP contribution in [0.25, 0.3) is 11.1 Å². The van der Waals surface area contributed by atoms with E-state index >= 15 is 0 Å². The fourth-order valence-corrected chi connectivity index (χ4v) is 2.38. The summed E-state index contributed by atoms with van der Waals surface area (Å²) in [4.78, 5) is 0. The fraction of sp³-hybridized carbons (Fsp3) is 0.278. The standard InChI is InChI=1S/C18H20N2/c1-3-20-14(2)11-15-7-9-17(10-8-15)18-6-4-5-16(12-18)13-19/h4-10,12,14,20H,3,11H2,1-2H3. The van der Waals surface area contributed by atoms with Crippen molar-refractivity contribution in [3.05, 3.63) is 59.7 Å². The molecule has 0 radical (unpaired) electrons. The summed E-state index contributed by atoms with van der Waals surface area (Å²) in [7, 11) is 0. The van der Waals surface area contributed by atoms with Gasteiger partial charge in [0.05, 0.1) is 11.6 Å². The normalized spacial score (nSPS) is 11.8. The lowest BCUT2D eigenvalue weighted by Crippen LogP contribution is -2.27. The fourth-order valence-electron chi connectivity index (χ4n) is 2.38. The average molecular weight is 264 g/mol. The Kier molecular flexibility index (Phi) is 4.92. The minimum atomic E-state index is 0.493. The Hall–Kier alpha value is -2.11. The molecule has 0 aromatic heterocycles. The van der Waals surface area contributed by atoms with Crippen LogP contribution in [0, 0.1) is 11.3 Å². The molecule has 0 aliphatic carbocycles. The molecule has 0 fully saturated rings. The lowest BCUT2D eigenvalue weighted by molar-refractivity contribution is 0.565. The van der Waals surface area contributed by atoms with Gasteiger partial charge in [-0.15, -0.1) is 0 Å². The van der Waals surface area contributed by atoms with Crippen LogP contribution in [0.1, 0.15) is 25.0 Å². The molecule has 102 valence electrons. The summed E-state index contributed by atoms with van der Waals surface area (Å²) in [6, 6.07) is 19.0. The number of nitrogens with one attached hydrogen (secondary N) is 1. The highest BCUT2D eigenvalue weighted by Gasteiger charge is 2.03. The number of benzene rings is 2. The third kappa shape index (κ3) is 3.69. The largest absolute Gasteiger partial charge is 0.314 e. The van der Waals surface area contributed by atoms with E-state index in [9.17, 15) is 0 Å². The Bertz CT molecular complexity index is 594. The molecule has 0 saturated heterocycles. The molecular formula is C18H20N2. The smallest absolute Gasteiger partial charge is 0.0991 e. The summed E-state index contributed by atoms with van der Waals surface area (Å²) in [5.41, 5.74) is 4.28. The molecule has 0 amide bonds. The van der Waals surface area contributed by atoms with Crippen LogP contribution in [0.5, 0.6) is 0 Å². The molecule has 0 heterocycles. The number of hydrogen-bond donors (Lipinski definition) is 1. The molecule has 0 aliphatic heterocycles. The second-order valence-electron chi connectivity index (χ2n) is 5.05. The Morgan fingerprint density at radius 2 is 1.85 bits per heavy atom. The van der Waals surface area contributed by atoms with Gasteiger partial charge in [-0.25, -0.2) is 0 Å². The van der Waals surface area contributed by atoms with E-state index in [1.54, 1.807) is 0 Å². The Morgan fingerprint density at radius 1 is 1.10 bits per heavy atom. The molecule has 0 spiro atoms. The molecule has 2 nitrogen and oxygen atoms in total. The van der Waals surface area contributed by atoms with Gasteiger partial charge < -0.3 is 5.32 Å². The van der Waals surface area contributed by atoms with Crippen molar-refractivity contribution in [2.75, 3.05) is 6.54 Å². The van der Waals surface area contributed by atoms with Crippen LogP contribution in [0.15, 0.2) is 48.5 Å². The van der Waals surface area contributed by atoms with Crippen molar-refractivity contribution in [1.82, 2.24) is 5.32 Å². The predicted octanol–water partition coefficient (Wildman–Crippen LogP) is 3.77. The summed E-state index contributed by atoms with van der Waals surface area (Å²) in [5.74, 6) is 0. The maximum absolute atomic E-state index is 8.95. The first-order valence-electron chi connectivity index (χ1n) is 7.05. The number of nitriles is 1. The molecule has 1 atom stereocenters. The van der Waals surface area contributed by atoms with E-state index in [-0.39, 0.29) is 0 Å². The van der Waals surface area contributed by atoms with E-state index in [2.05, 4.69) is 49.5 Å². The van der Waals surface area contributed by atoms with Crippen molar-refractivity contribution in [3.8, 4) is 17.2 Å². The van der Waals surface area contributed by atoms with Crippen LogP contribution in [-0.2, 0) is 6.42 Å². The van der Waals surface area contributed by atoms with Crippen molar-refractivity contribution >= 4 is 0 Å². The number of rotatable bonds is 5. The van der Waals surface area contributed by atoms with Crippen LogP contribution in [0.4, 0.5) is 0 Å². The molecule has 0 aliphatic rings. The van der Waals surface area contributed by atoms with E-state index in [0.717, 1.165) is 24.1 Å². The van der Waals surface area contributed by atoms with Crippen molar-refractivity contribution in [1.29, 1.82) is 5.26 Å². The number of likely N-dealkylation sites (N-methyl/N-ethyl adjacent to an activating group) is 1. The van der Waals surface area contributed by atoms with Gasteiger partial charge in [0, 0.05) is 6.04 Å². The zero-order valence-corrected chi connectivity index (χ0v) is 12.1. The molecular weight excluding hydrogens is 244 g/mol. The molecule has 2 rings (SSSR count). The summed E-state index contributed by atoms with van der Waals surface area (Å²) >= 11 is 0. The maximum atomic E-state index is 8.95. The van der Waals surface area contributed by atoms with Gasteiger partial charge in [0.25, 0.3) is 0 Å². The summed E-state index contributed by atoms with van der Waals surface area (Å²) in [6.07, 6.45) is 1.03. The van der Waals surface area contributed by atoms with E-state index in [0.29, 0.717) is 11.6 Å². The van der Waals surface area contributed by atoms with Gasteiger partial charge in [-0.2, -0.15) is 5.26 Å². The second-order valence-corrected chi connectivity index (χ2v) is 5.05. The second kappa shape index (κ2) is 6.88. The van der Waals surface area contributed by atoms with Gasteiger partial charge in [-0.3, -0.25) is 0 Å². The van der Waals surface area contributed by atoms with Gasteiger partial charge in [-0.1, -0.05) is 43.3 Å². The van der Waals surface area contributed by atoms with E-state index in [1.807, 2.05) is 24.3 Å². The number of nitrogens with zero attached hydrogens (tertiary/aromatic N) is 1. The minimum Gasteiger partial charge on any atom is -0.314 e. The Balaban J connectivity index is 2.13. The zero-order chi connectivity index (χ0) is 14.4. The lowest BCUT2D eigenvalue weighted by atomic mass is 10.00. The van der Waals surface area contributed by atoms with Crippen molar-refractivity contribution in [2.45, 2.75) is 26.3 Å².